The van der Waals surface area contributed by atoms with E-state index in [0.717, 1.165) is 33.9 Å². The molecule has 0 fully saturated rings. The molecular formula is C77H50N2S. The number of anilines is 3. The lowest BCUT2D eigenvalue weighted by molar-refractivity contribution is 0.768. The lowest BCUT2D eigenvalue weighted by atomic mass is 9.67. The van der Waals surface area contributed by atoms with Crippen LogP contribution in [0.2, 0.25) is 0 Å². The van der Waals surface area contributed by atoms with Gasteiger partial charge in [-0.2, -0.15) is 0 Å². The molecule has 0 amide bonds. The Hall–Kier alpha value is -10.1. The summed E-state index contributed by atoms with van der Waals surface area (Å²) in [7, 11) is 0. The van der Waals surface area contributed by atoms with Gasteiger partial charge in [-0.05, 0) is 144 Å². The van der Waals surface area contributed by atoms with E-state index in [1.807, 2.05) is 11.3 Å². The first kappa shape index (κ1) is 46.1. The third-order valence-electron chi connectivity index (χ3n) is 16.8. The molecule has 0 unspecified atom stereocenters. The van der Waals surface area contributed by atoms with Gasteiger partial charge in [0, 0.05) is 53.7 Å². The Morgan fingerprint density at radius 1 is 0.287 bits per heavy atom. The predicted molar refractivity (Wildman–Crippen MR) is 339 cm³/mol. The second-order valence-corrected chi connectivity index (χ2v) is 22.2. The number of aromatic nitrogens is 1. The maximum atomic E-state index is 2.43. The molecule has 13 aromatic carbocycles. The van der Waals surface area contributed by atoms with E-state index < -0.39 is 5.41 Å². The number of benzene rings is 13. The summed E-state index contributed by atoms with van der Waals surface area (Å²) in [4.78, 5) is 2.43. The van der Waals surface area contributed by atoms with Gasteiger partial charge < -0.3 is 9.47 Å². The van der Waals surface area contributed by atoms with Gasteiger partial charge in [0.1, 0.15) is 0 Å². The van der Waals surface area contributed by atoms with Gasteiger partial charge in [-0.25, -0.2) is 0 Å². The molecule has 3 heteroatoms. The third-order valence-corrected chi connectivity index (χ3v) is 18.1. The Morgan fingerprint density at radius 2 is 0.825 bits per heavy atom. The SMILES string of the molecule is c1ccc(-n2c3ccccc3c3ccc(-c4ccc(N(c5cccc(-c6ccc7c(c6)-c6ccccc6C7(c6ccccc6)c6ccccc6)c5)c5cccc(-c6cccc7c6sc6c8ccccc8ccc76)c5)cc4)cc32)cc1. The van der Waals surface area contributed by atoms with Crippen LogP contribution in [0.25, 0.3) is 103 Å². The Kier molecular flexibility index (Phi) is 10.7. The van der Waals surface area contributed by atoms with Gasteiger partial charge in [0.15, 0.2) is 0 Å². The lowest BCUT2D eigenvalue weighted by Crippen LogP contribution is -2.28. The highest BCUT2D eigenvalue weighted by molar-refractivity contribution is 7.27. The fourth-order valence-electron chi connectivity index (χ4n) is 13.3. The summed E-state index contributed by atoms with van der Waals surface area (Å²) in [5, 5.41) is 7.67. The summed E-state index contributed by atoms with van der Waals surface area (Å²) in [5.74, 6) is 0. The first-order chi connectivity index (χ1) is 39.7. The average molecular weight is 1040 g/mol. The van der Waals surface area contributed by atoms with E-state index in [9.17, 15) is 0 Å². The fourth-order valence-corrected chi connectivity index (χ4v) is 14.6. The van der Waals surface area contributed by atoms with Gasteiger partial charge in [-0.3, -0.25) is 0 Å². The molecule has 0 bridgehead atoms. The number of rotatable bonds is 9. The van der Waals surface area contributed by atoms with Crippen molar-refractivity contribution in [1.29, 1.82) is 0 Å². The van der Waals surface area contributed by atoms with E-state index in [1.165, 1.54) is 108 Å². The molecule has 0 saturated carbocycles. The van der Waals surface area contributed by atoms with Crippen LogP contribution in [0.4, 0.5) is 17.1 Å². The van der Waals surface area contributed by atoms with Crippen LogP contribution in [0.1, 0.15) is 22.3 Å². The second kappa shape index (κ2) is 18.6. The zero-order valence-corrected chi connectivity index (χ0v) is 44.5. The maximum Gasteiger partial charge on any atom is 0.0713 e. The van der Waals surface area contributed by atoms with E-state index in [2.05, 4.69) is 313 Å². The van der Waals surface area contributed by atoms with Crippen LogP contribution in [0.5, 0.6) is 0 Å². The molecule has 0 N–H and O–H groups in total. The maximum absolute atomic E-state index is 2.43. The lowest BCUT2D eigenvalue weighted by Gasteiger charge is -2.33. The molecule has 2 aromatic heterocycles. The Balaban J connectivity index is 0.842. The van der Waals surface area contributed by atoms with Crippen molar-refractivity contribution in [3.05, 3.63) is 326 Å². The van der Waals surface area contributed by atoms with E-state index in [0.29, 0.717) is 0 Å². The molecule has 2 nitrogen and oxygen atoms in total. The zero-order chi connectivity index (χ0) is 52.7. The molecule has 374 valence electrons. The van der Waals surface area contributed by atoms with E-state index in [1.54, 1.807) is 0 Å². The Morgan fingerprint density at radius 3 is 1.61 bits per heavy atom. The monoisotopic (exact) mass is 1030 g/mol. The number of nitrogens with zero attached hydrogens (tertiary/aromatic N) is 2. The minimum atomic E-state index is -0.456. The molecule has 0 spiro atoms. The molecule has 16 rings (SSSR count). The van der Waals surface area contributed by atoms with Crippen LogP contribution in [-0.2, 0) is 5.41 Å². The molecule has 0 atom stereocenters. The summed E-state index contributed by atoms with van der Waals surface area (Å²) in [6, 6.07) is 112. The molecule has 15 aromatic rings. The van der Waals surface area contributed by atoms with Gasteiger partial charge in [0.05, 0.1) is 16.4 Å². The highest BCUT2D eigenvalue weighted by atomic mass is 32.1. The average Bonchev–Trinajstić information content (AvgIpc) is 4.38. The minimum absolute atomic E-state index is 0.456. The van der Waals surface area contributed by atoms with E-state index in [4.69, 9.17) is 0 Å². The van der Waals surface area contributed by atoms with Crippen molar-refractivity contribution < 1.29 is 0 Å². The number of thiophene rings is 1. The molecule has 0 aliphatic heterocycles. The van der Waals surface area contributed by atoms with Crippen LogP contribution in [0, 0.1) is 0 Å². The first-order valence-electron chi connectivity index (χ1n) is 27.6. The van der Waals surface area contributed by atoms with Crippen molar-refractivity contribution in [1.82, 2.24) is 4.57 Å². The molecule has 0 saturated heterocycles. The Bertz CT molecular complexity index is 4840. The van der Waals surface area contributed by atoms with E-state index >= 15 is 0 Å². The fraction of sp³-hybridized carbons (Fsp3) is 0.0130. The topological polar surface area (TPSA) is 8.17 Å². The van der Waals surface area contributed by atoms with Crippen molar-refractivity contribution >= 4 is 81.1 Å². The highest BCUT2D eigenvalue weighted by Crippen LogP contribution is 2.57. The van der Waals surface area contributed by atoms with Crippen molar-refractivity contribution in [3.8, 4) is 50.2 Å². The molecular weight excluding hydrogens is 985 g/mol. The van der Waals surface area contributed by atoms with Gasteiger partial charge in [-0.15, -0.1) is 11.3 Å². The highest BCUT2D eigenvalue weighted by Gasteiger charge is 2.46. The summed E-state index contributed by atoms with van der Waals surface area (Å²) >= 11 is 1.91. The summed E-state index contributed by atoms with van der Waals surface area (Å²) < 4.78 is 5.04. The first-order valence-corrected chi connectivity index (χ1v) is 28.4. The summed E-state index contributed by atoms with van der Waals surface area (Å²) in [5.41, 5.74) is 21.1. The molecule has 1 aliphatic carbocycles. The zero-order valence-electron chi connectivity index (χ0n) is 43.7. The summed E-state index contributed by atoms with van der Waals surface area (Å²) in [6.45, 7) is 0. The quantitative estimate of drug-likeness (QED) is 0.140. The normalized spacial score (nSPS) is 12.6. The van der Waals surface area contributed by atoms with Crippen LogP contribution in [0.15, 0.2) is 303 Å². The van der Waals surface area contributed by atoms with Crippen molar-refractivity contribution in [2.75, 3.05) is 4.90 Å². The van der Waals surface area contributed by atoms with Crippen molar-refractivity contribution in [2.24, 2.45) is 0 Å². The molecule has 0 radical (unpaired) electrons. The van der Waals surface area contributed by atoms with Crippen LogP contribution < -0.4 is 4.90 Å². The van der Waals surface area contributed by atoms with Crippen LogP contribution in [-0.4, -0.2) is 4.57 Å². The second-order valence-electron chi connectivity index (χ2n) is 21.1. The standard InChI is InChI=1S/C77H50N2S/c1-4-22-57(23-5-1)77(58-24-6-2-7-25-58)71-35-14-12-31-65(71)70-49-54(41-46-72(70)77)53-20-16-28-61(47-53)78(62-29-17-21-56(48-62)64-33-18-34-68-69-45-39-52-19-10-11-30-63(52)75(69)80-76(64)68)60-42-37-51(38-43-60)55-40-44-67-66-32-13-15-36-73(66)79(74(67)50-55)59-26-8-3-9-27-59/h1-50H. The van der Waals surface area contributed by atoms with E-state index in [-0.39, 0.29) is 0 Å². The third kappa shape index (κ3) is 7.18. The van der Waals surface area contributed by atoms with Crippen LogP contribution in [0.3, 0.4) is 0 Å². The van der Waals surface area contributed by atoms with Gasteiger partial charge >= 0.3 is 0 Å². The van der Waals surface area contributed by atoms with Crippen molar-refractivity contribution in [2.45, 2.75) is 5.41 Å². The van der Waals surface area contributed by atoms with Crippen molar-refractivity contribution in [3.63, 3.8) is 0 Å². The number of fused-ring (bicyclic) bond motifs is 11. The largest absolute Gasteiger partial charge is 0.310 e. The molecule has 80 heavy (non-hydrogen) atoms. The minimum Gasteiger partial charge on any atom is -0.310 e. The molecule has 1 aliphatic rings. The van der Waals surface area contributed by atoms with Gasteiger partial charge in [0.25, 0.3) is 0 Å². The van der Waals surface area contributed by atoms with Crippen LogP contribution >= 0.6 is 11.3 Å². The number of para-hydroxylation sites is 2. The predicted octanol–water partition coefficient (Wildman–Crippen LogP) is 21.1. The van der Waals surface area contributed by atoms with Gasteiger partial charge in [0.2, 0.25) is 0 Å². The smallest absolute Gasteiger partial charge is 0.0713 e. The Labute approximate surface area is 469 Å². The molecule has 2 heterocycles. The number of hydrogen-bond acceptors (Lipinski definition) is 2. The summed E-state index contributed by atoms with van der Waals surface area (Å²) in [6.07, 6.45) is 0. The van der Waals surface area contributed by atoms with Gasteiger partial charge in [-0.1, -0.05) is 237 Å². The number of hydrogen-bond donors (Lipinski definition) is 0.